The Morgan fingerprint density at radius 3 is 2.39 bits per heavy atom. The molecule has 0 bridgehead atoms. The lowest BCUT2D eigenvalue weighted by molar-refractivity contribution is -0.146. The molecule has 126 valence electrons. The molecule has 1 unspecified atom stereocenters. The van der Waals surface area contributed by atoms with Gasteiger partial charge >= 0.3 is 11.9 Å². The van der Waals surface area contributed by atoms with Gasteiger partial charge in [0.1, 0.15) is 6.04 Å². The SMILES string of the molecule is COC(=O)[C@H](Cc1ccccc1)NC(=O)CCC(C)OC(C)=O. The van der Waals surface area contributed by atoms with Gasteiger partial charge < -0.3 is 14.8 Å². The quantitative estimate of drug-likeness (QED) is 0.736. The molecule has 0 radical (unpaired) electrons. The molecular formula is C17H23NO5. The Labute approximate surface area is 136 Å². The maximum Gasteiger partial charge on any atom is 0.328 e. The summed E-state index contributed by atoms with van der Waals surface area (Å²) in [7, 11) is 1.29. The molecule has 0 fully saturated rings. The third kappa shape index (κ3) is 7.44. The van der Waals surface area contributed by atoms with Gasteiger partial charge in [0.2, 0.25) is 5.91 Å². The molecule has 6 heteroatoms. The van der Waals surface area contributed by atoms with Crippen molar-refractivity contribution in [2.45, 2.75) is 45.3 Å². The first kappa shape index (κ1) is 18.7. The van der Waals surface area contributed by atoms with Crippen molar-refractivity contribution in [2.24, 2.45) is 0 Å². The van der Waals surface area contributed by atoms with E-state index in [9.17, 15) is 14.4 Å². The van der Waals surface area contributed by atoms with Crippen molar-refractivity contribution in [1.82, 2.24) is 5.32 Å². The van der Waals surface area contributed by atoms with Gasteiger partial charge in [-0.05, 0) is 18.9 Å². The summed E-state index contributed by atoms with van der Waals surface area (Å²) in [6, 6.07) is 8.64. The van der Waals surface area contributed by atoms with Crippen LogP contribution in [0.25, 0.3) is 0 Å². The molecule has 0 aliphatic carbocycles. The lowest BCUT2D eigenvalue weighted by Crippen LogP contribution is -2.43. The van der Waals surface area contributed by atoms with E-state index >= 15 is 0 Å². The zero-order valence-corrected chi connectivity index (χ0v) is 13.7. The van der Waals surface area contributed by atoms with Crippen molar-refractivity contribution in [3.8, 4) is 0 Å². The summed E-state index contributed by atoms with van der Waals surface area (Å²) in [5.41, 5.74) is 0.927. The summed E-state index contributed by atoms with van der Waals surface area (Å²) >= 11 is 0. The van der Waals surface area contributed by atoms with E-state index in [0.717, 1.165) is 5.56 Å². The van der Waals surface area contributed by atoms with Crippen molar-refractivity contribution < 1.29 is 23.9 Å². The first-order valence-corrected chi connectivity index (χ1v) is 7.50. The zero-order valence-electron chi connectivity index (χ0n) is 13.7. The number of ether oxygens (including phenoxy) is 2. The van der Waals surface area contributed by atoms with Crippen molar-refractivity contribution in [1.29, 1.82) is 0 Å². The smallest absolute Gasteiger partial charge is 0.328 e. The second-order valence-corrected chi connectivity index (χ2v) is 5.29. The third-order valence-corrected chi connectivity index (χ3v) is 3.25. The van der Waals surface area contributed by atoms with Gasteiger partial charge in [-0.3, -0.25) is 9.59 Å². The maximum atomic E-state index is 12.0. The molecule has 1 aromatic rings. The van der Waals surface area contributed by atoms with E-state index in [4.69, 9.17) is 9.47 Å². The lowest BCUT2D eigenvalue weighted by atomic mass is 10.1. The molecule has 2 atom stereocenters. The fraction of sp³-hybridized carbons (Fsp3) is 0.471. The first-order valence-electron chi connectivity index (χ1n) is 7.50. The number of methoxy groups -OCH3 is 1. The molecule has 0 aliphatic rings. The minimum atomic E-state index is -0.737. The van der Waals surface area contributed by atoms with Gasteiger partial charge in [0.25, 0.3) is 0 Å². The van der Waals surface area contributed by atoms with E-state index in [1.807, 2.05) is 30.3 Å². The third-order valence-electron chi connectivity index (χ3n) is 3.25. The normalized spacial score (nSPS) is 12.8. The molecule has 1 N–H and O–H groups in total. The summed E-state index contributed by atoms with van der Waals surface area (Å²) in [5, 5.41) is 2.67. The summed E-state index contributed by atoms with van der Waals surface area (Å²) in [4.78, 5) is 34.6. The van der Waals surface area contributed by atoms with Crippen LogP contribution in [0.15, 0.2) is 30.3 Å². The molecular weight excluding hydrogens is 298 g/mol. The number of esters is 2. The molecule has 1 amide bonds. The van der Waals surface area contributed by atoms with E-state index in [1.54, 1.807) is 6.92 Å². The van der Waals surface area contributed by atoms with E-state index in [-0.39, 0.29) is 24.4 Å². The van der Waals surface area contributed by atoms with Crippen molar-refractivity contribution in [2.75, 3.05) is 7.11 Å². The second-order valence-electron chi connectivity index (χ2n) is 5.29. The van der Waals surface area contributed by atoms with Gasteiger partial charge in [0.05, 0.1) is 13.2 Å². The van der Waals surface area contributed by atoms with Gasteiger partial charge in [0, 0.05) is 19.8 Å². The van der Waals surface area contributed by atoms with E-state index in [0.29, 0.717) is 12.8 Å². The van der Waals surface area contributed by atoms with Crippen molar-refractivity contribution in [3.63, 3.8) is 0 Å². The fourth-order valence-electron chi connectivity index (χ4n) is 2.13. The van der Waals surface area contributed by atoms with Gasteiger partial charge in [-0.2, -0.15) is 0 Å². The Morgan fingerprint density at radius 1 is 1.17 bits per heavy atom. The predicted molar refractivity (Wildman–Crippen MR) is 84.6 cm³/mol. The number of benzene rings is 1. The van der Waals surface area contributed by atoms with Gasteiger partial charge in [-0.1, -0.05) is 30.3 Å². The van der Waals surface area contributed by atoms with Crippen LogP contribution in [0.2, 0.25) is 0 Å². The van der Waals surface area contributed by atoms with E-state index in [2.05, 4.69) is 5.32 Å². The minimum absolute atomic E-state index is 0.163. The molecule has 1 rings (SSSR count). The Kier molecular flexibility index (Phi) is 7.80. The summed E-state index contributed by atoms with van der Waals surface area (Å²) in [6.07, 6.45) is 0.573. The Bertz CT molecular complexity index is 529. The number of hydrogen-bond donors (Lipinski definition) is 1. The second kappa shape index (κ2) is 9.61. The number of hydrogen-bond acceptors (Lipinski definition) is 5. The highest BCUT2D eigenvalue weighted by Gasteiger charge is 2.22. The number of amides is 1. The molecule has 0 aliphatic heterocycles. The number of nitrogens with one attached hydrogen (secondary N) is 1. The summed E-state index contributed by atoms with van der Waals surface area (Å²) in [5.74, 6) is -1.15. The zero-order chi connectivity index (χ0) is 17.2. The number of rotatable bonds is 8. The van der Waals surface area contributed by atoms with Gasteiger partial charge in [-0.15, -0.1) is 0 Å². The summed E-state index contributed by atoms with van der Waals surface area (Å²) < 4.78 is 9.70. The van der Waals surface area contributed by atoms with Crippen molar-refractivity contribution in [3.05, 3.63) is 35.9 Å². The highest BCUT2D eigenvalue weighted by Crippen LogP contribution is 2.06. The molecule has 23 heavy (non-hydrogen) atoms. The average Bonchev–Trinajstić information content (AvgIpc) is 2.52. The lowest BCUT2D eigenvalue weighted by Gasteiger charge is -2.17. The Hall–Kier alpha value is -2.37. The molecule has 0 saturated carbocycles. The van der Waals surface area contributed by atoms with Gasteiger partial charge in [-0.25, -0.2) is 4.79 Å². The molecule has 6 nitrogen and oxygen atoms in total. The first-order chi connectivity index (χ1) is 10.9. The molecule has 0 spiro atoms. The number of carbonyl (C=O) groups excluding carboxylic acids is 3. The summed E-state index contributed by atoms with van der Waals surface area (Å²) in [6.45, 7) is 3.04. The minimum Gasteiger partial charge on any atom is -0.467 e. The molecule has 0 heterocycles. The van der Waals surface area contributed by atoms with Crippen molar-refractivity contribution >= 4 is 17.8 Å². The molecule has 0 saturated heterocycles. The Morgan fingerprint density at radius 2 is 1.83 bits per heavy atom. The van der Waals surface area contributed by atoms with Crippen LogP contribution in [0.5, 0.6) is 0 Å². The van der Waals surface area contributed by atoms with Crippen LogP contribution in [0.1, 0.15) is 32.3 Å². The molecule has 0 aromatic heterocycles. The van der Waals surface area contributed by atoms with Crippen LogP contribution in [0.4, 0.5) is 0 Å². The predicted octanol–water partition coefficient (Wildman–Crippen LogP) is 1.62. The highest BCUT2D eigenvalue weighted by atomic mass is 16.5. The van der Waals surface area contributed by atoms with E-state index in [1.165, 1.54) is 14.0 Å². The topological polar surface area (TPSA) is 81.7 Å². The van der Waals surface area contributed by atoms with Gasteiger partial charge in [0.15, 0.2) is 0 Å². The highest BCUT2D eigenvalue weighted by molar-refractivity contribution is 5.84. The average molecular weight is 321 g/mol. The molecule has 1 aromatic carbocycles. The van der Waals surface area contributed by atoms with Crippen LogP contribution in [0.3, 0.4) is 0 Å². The largest absolute Gasteiger partial charge is 0.467 e. The fourth-order valence-corrected chi connectivity index (χ4v) is 2.13. The van der Waals surface area contributed by atoms with Crippen LogP contribution < -0.4 is 5.32 Å². The standard InChI is InChI=1S/C17H23NO5/c1-12(23-13(2)19)9-10-16(20)18-15(17(21)22-3)11-14-7-5-4-6-8-14/h4-8,12,15H,9-11H2,1-3H3,(H,18,20)/t12?,15-/m0/s1. The monoisotopic (exact) mass is 321 g/mol. The van der Waals surface area contributed by atoms with Crippen LogP contribution in [-0.2, 0) is 30.3 Å². The van der Waals surface area contributed by atoms with E-state index < -0.39 is 12.0 Å². The maximum absolute atomic E-state index is 12.0. The Balaban J connectivity index is 2.54. The van der Waals surface area contributed by atoms with Crippen LogP contribution in [0, 0.1) is 0 Å². The van der Waals surface area contributed by atoms with Crippen LogP contribution in [-0.4, -0.2) is 37.1 Å². The van der Waals surface area contributed by atoms with Crippen LogP contribution >= 0.6 is 0 Å². The number of carbonyl (C=O) groups is 3.